The van der Waals surface area contributed by atoms with E-state index in [0.29, 0.717) is 40.2 Å². The number of rotatable bonds is 12. The minimum atomic E-state index is -1.46. The fourth-order valence-electron chi connectivity index (χ4n) is 4.51. The lowest BCUT2D eigenvalue weighted by atomic mass is 10.0. The zero-order valence-corrected chi connectivity index (χ0v) is 22.0. The van der Waals surface area contributed by atoms with Gasteiger partial charge < -0.3 is 51.6 Å². The van der Waals surface area contributed by atoms with E-state index in [-0.39, 0.29) is 44.0 Å². The van der Waals surface area contributed by atoms with Gasteiger partial charge in [0.15, 0.2) is 5.96 Å². The third-order valence-electron chi connectivity index (χ3n) is 6.64. The molecule has 0 bridgehead atoms. The summed E-state index contributed by atoms with van der Waals surface area (Å²) >= 11 is 0. The number of aromatic hydroxyl groups is 1. The first-order valence-electron chi connectivity index (χ1n) is 13.0. The molecule has 0 saturated carbocycles. The first-order valence-corrected chi connectivity index (χ1v) is 13.0. The Balaban J connectivity index is 1.30. The Morgan fingerprint density at radius 1 is 1.15 bits per heavy atom. The van der Waals surface area contributed by atoms with Gasteiger partial charge in [0.2, 0.25) is 5.91 Å². The number of aliphatic imine (C=N–C) groups is 1. The summed E-state index contributed by atoms with van der Waals surface area (Å²) in [5, 5.41) is 71.9. The van der Waals surface area contributed by atoms with Crippen LogP contribution in [0.4, 0.5) is 5.69 Å². The summed E-state index contributed by atoms with van der Waals surface area (Å²) in [5.74, 6) is -1.54. The lowest BCUT2D eigenvalue weighted by Crippen LogP contribution is -2.47. The van der Waals surface area contributed by atoms with Crippen LogP contribution >= 0.6 is 0 Å². The van der Waals surface area contributed by atoms with Crippen LogP contribution in [0.25, 0.3) is 10.9 Å². The maximum absolute atomic E-state index is 12.5. The third-order valence-corrected chi connectivity index (χ3v) is 6.64. The number of aliphatic carboxylic acids is 1. The number of aliphatic hydroxyl groups is 4. The molecule has 14 nitrogen and oxygen atoms in total. The molecule has 220 valence electrons. The Morgan fingerprint density at radius 3 is 2.63 bits per heavy atom. The van der Waals surface area contributed by atoms with Crippen LogP contribution in [-0.4, -0.2) is 85.2 Å². The number of para-hydroxylation sites is 1. The van der Waals surface area contributed by atoms with Crippen molar-refractivity contribution in [3.63, 3.8) is 0 Å². The Hall–Kier alpha value is -4.21. The van der Waals surface area contributed by atoms with Gasteiger partial charge in [-0.25, -0.2) is 0 Å². The highest BCUT2D eigenvalue weighted by molar-refractivity contribution is 5.94. The zero-order valence-electron chi connectivity index (χ0n) is 22.0. The van der Waals surface area contributed by atoms with Crippen molar-refractivity contribution in [3.8, 4) is 5.75 Å². The van der Waals surface area contributed by atoms with E-state index in [1.807, 2.05) is 0 Å². The molecule has 1 aromatic heterocycles. The average molecular weight is 571 g/mol. The number of benzene rings is 2. The molecule has 2 heterocycles. The number of hydrogen-bond donors (Lipinski definition) is 11. The van der Waals surface area contributed by atoms with Gasteiger partial charge in [0.05, 0.1) is 31.1 Å². The Bertz CT molecular complexity index is 1410. The van der Waals surface area contributed by atoms with Crippen molar-refractivity contribution in [2.24, 2.45) is 4.99 Å². The summed E-state index contributed by atoms with van der Waals surface area (Å²) in [6.07, 6.45) is -3.30. The smallest absolute Gasteiger partial charge is 0.322 e. The van der Waals surface area contributed by atoms with Crippen molar-refractivity contribution in [1.29, 1.82) is 0 Å². The van der Waals surface area contributed by atoms with Crippen molar-refractivity contribution in [3.05, 3.63) is 59.3 Å². The number of carboxylic acid groups (broad SMARTS) is 1. The highest BCUT2D eigenvalue weighted by Crippen LogP contribution is 2.28. The highest BCUT2D eigenvalue weighted by atomic mass is 16.4. The third kappa shape index (κ3) is 7.71. The number of carbonyl (C=O) groups is 2. The van der Waals surface area contributed by atoms with E-state index < -0.39 is 36.4 Å². The van der Waals surface area contributed by atoms with Crippen LogP contribution in [-0.2, 0) is 16.2 Å². The second kappa shape index (κ2) is 13.4. The van der Waals surface area contributed by atoms with Crippen molar-refractivity contribution in [1.82, 2.24) is 20.9 Å². The predicted molar refractivity (Wildman–Crippen MR) is 149 cm³/mol. The van der Waals surface area contributed by atoms with Crippen molar-refractivity contribution < 1.29 is 40.2 Å². The number of amides is 1. The van der Waals surface area contributed by atoms with Gasteiger partial charge in [-0.3, -0.25) is 19.9 Å². The number of guanidine groups is 1. The number of aliphatic hydroxyl groups excluding tert-OH is 4. The van der Waals surface area contributed by atoms with Gasteiger partial charge in [0.1, 0.15) is 18.0 Å². The molecule has 1 amide bonds. The molecule has 41 heavy (non-hydrogen) atoms. The van der Waals surface area contributed by atoms with Crippen LogP contribution in [0, 0.1) is 0 Å². The fraction of sp³-hybridized carbons (Fsp3) is 0.370. The minimum Gasteiger partial charge on any atom is -0.508 e. The molecule has 0 aliphatic carbocycles. The molecule has 4 atom stereocenters. The largest absolute Gasteiger partial charge is 0.508 e. The second-order valence-corrected chi connectivity index (χ2v) is 9.70. The summed E-state index contributed by atoms with van der Waals surface area (Å²) in [6.45, 7) is -0.177. The number of aromatic amines is 1. The topological polar surface area (TPSA) is 232 Å². The number of phenolic OH excluding ortho intramolecular Hbond substituents is 1. The maximum atomic E-state index is 12.5. The van der Waals surface area contributed by atoms with Gasteiger partial charge in [-0.15, -0.1) is 0 Å². The molecular weight excluding hydrogens is 536 g/mol. The number of fused-ring (bicyclic) bond motifs is 1. The van der Waals surface area contributed by atoms with E-state index in [9.17, 15) is 40.2 Å². The van der Waals surface area contributed by atoms with Crippen molar-refractivity contribution >= 4 is 34.4 Å². The van der Waals surface area contributed by atoms with Crippen LogP contribution in [0.5, 0.6) is 5.75 Å². The first kappa shape index (κ1) is 29.8. The van der Waals surface area contributed by atoms with Gasteiger partial charge >= 0.3 is 5.97 Å². The summed E-state index contributed by atoms with van der Waals surface area (Å²) in [4.78, 5) is 31.4. The summed E-state index contributed by atoms with van der Waals surface area (Å²) in [5.41, 5.74) is 2.11. The lowest BCUT2D eigenvalue weighted by molar-refractivity contribution is -0.140. The number of nitrogens with one attached hydrogen (secondary N) is 5. The molecule has 0 saturated heterocycles. The van der Waals surface area contributed by atoms with E-state index in [0.717, 1.165) is 0 Å². The van der Waals surface area contributed by atoms with E-state index in [4.69, 9.17) is 0 Å². The highest BCUT2D eigenvalue weighted by Gasteiger charge is 2.25. The SMILES string of the molecule is O=C(CCC(O)c1cc(O)cc(NC2=NCC(O)CN2)c1)NC[C@H](NC(O)c1[nH]c2ccccc2c1CO)C(=O)O. The van der Waals surface area contributed by atoms with Crippen molar-refractivity contribution in [2.45, 2.75) is 43.9 Å². The molecule has 0 radical (unpaired) electrons. The molecule has 3 aromatic rings. The number of aromatic nitrogens is 1. The fourth-order valence-corrected chi connectivity index (χ4v) is 4.51. The van der Waals surface area contributed by atoms with Crippen LogP contribution in [0.1, 0.15) is 42.0 Å². The normalized spacial score (nSPS) is 17.3. The average Bonchev–Trinajstić information content (AvgIpc) is 3.33. The monoisotopic (exact) mass is 570 g/mol. The summed E-state index contributed by atoms with van der Waals surface area (Å²) < 4.78 is 0. The summed E-state index contributed by atoms with van der Waals surface area (Å²) in [7, 11) is 0. The van der Waals surface area contributed by atoms with Crippen LogP contribution in [0.2, 0.25) is 0 Å². The summed E-state index contributed by atoms with van der Waals surface area (Å²) in [6, 6.07) is 10.1. The maximum Gasteiger partial charge on any atom is 0.322 e. The molecule has 2 aromatic carbocycles. The lowest BCUT2D eigenvalue weighted by Gasteiger charge is -2.21. The Kier molecular flexibility index (Phi) is 9.75. The molecule has 1 aliphatic heterocycles. The van der Waals surface area contributed by atoms with Crippen LogP contribution < -0.4 is 21.3 Å². The molecule has 0 spiro atoms. The molecule has 1 aliphatic rings. The van der Waals surface area contributed by atoms with E-state index in [1.165, 1.54) is 12.1 Å². The minimum absolute atomic E-state index is 0.0111. The number of carbonyl (C=O) groups excluding carboxylic acids is 1. The molecule has 4 rings (SSSR count). The Labute approximate surface area is 234 Å². The number of β-amino-alcohol motifs (C(OH)–C–C–N with tert-alkyl or cyclic N) is 1. The number of anilines is 1. The quantitative estimate of drug-likeness (QED) is 0.127. The van der Waals surface area contributed by atoms with Crippen LogP contribution in [0.3, 0.4) is 0 Å². The number of phenols is 1. The predicted octanol–water partition coefficient (Wildman–Crippen LogP) is -0.238. The van der Waals surface area contributed by atoms with Gasteiger partial charge in [-0.2, -0.15) is 0 Å². The molecule has 0 fully saturated rings. The first-order chi connectivity index (χ1) is 19.6. The molecule has 11 N–H and O–H groups in total. The second-order valence-electron chi connectivity index (χ2n) is 9.70. The van der Waals surface area contributed by atoms with E-state index >= 15 is 0 Å². The van der Waals surface area contributed by atoms with E-state index in [1.54, 1.807) is 30.3 Å². The number of H-pyrrole nitrogens is 1. The molecular formula is C27H34N6O8. The number of hydrogen-bond acceptors (Lipinski definition) is 11. The number of carboxylic acids is 1. The van der Waals surface area contributed by atoms with Crippen molar-refractivity contribution in [2.75, 3.05) is 25.0 Å². The van der Waals surface area contributed by atoms with Gasteiger partial charge in [0, 0.05) is 47.7 Å². The molecule has 14 heteroatoms. The van der Waals surface area contributed by atoms with Gasteiger partial charge in [-0.1, -0.05) is 18.2 Å². The van der Waals surface area contributed by atoms with Gasteiger partial charge in [-0.05, 0) is 30.2 Å². The standard InChI is InChI=1S/C27H34N6O8/c34-13-19-18-3-1-2-4-20(18)32-24(19)25(39)33-21(26(40)41)12-28-23(38)6-5-22(37)14-7-15(9-16(35)8-14)31-27-29-10-17(36)11-30-27/h1-4,7-9,17,21-22,25,32-37,39H,5-6,10-13H2,(H,28,38)(H,40,41)(H2,29,30,31)/t21-,22?,25?/m0/s1. The number of nitrogens with zero attached hydrogens (tertiary/aromatic N) is 1. The zero-order chi connectivity index (χ0) is 29.5. The Morgan fingerprint density at radius 2 is 1.93 bits per heavy atom. The van der Waals surface area contributed by atoms with Crippen LogP contribution in [0.15, 0.2) is 47.5 Å². The molecule has 3 unspecified atom stereocenters. The van der Waals surface area contributed by atoms with E-state index in [2.05, 4.69) is 31.2 Å². The van der Waals surface area contributed by atoms with Gasteiger partial charge in [0.25, 0.3) is 0 Å².